The van der Waals surface area contributed by atoms with Crippen molar-refractivity contribution >= 4 is 22.1 Å². The molecule has 5 N–H and O–H groups in total. The molecule has 2 atom stereocenters. The Hall–Kier alpha value is -3.17. The van der Waals surface area contributed by atoms with Crippen LogP contribution in [-0.4, -0.2) is 33.6 Å². The Morgan fingerprint density at radius 2 is 1.93 bits per heavy atom. The minimum Gasteiger partial charge on any atom is -0.497 e. The molecular formula is C18H17FN6O2. The van der Waals surface area contributed by atoms with Gasteiger partial charge in [0.2, 0.25) is 0 Å². The summed E-state index contributed by atoms with van der Waals surface area (Å²) in [6.07, 6.45) is 0. The summed E-state index contributed by atoms with van der Waals surface area (Å²) in [5.74, 6) is 0.810. The predicted octanol–water partition coefficient (Wildman–Crippen LogP) is 1.81. The van der Waals surface area contributed by atoms with Gasteiger partial charge in [-0.25, -0.2) is 19.6 Å². The summed E-state index contributed by atoms with van der Waals surface area (Å²) in [6.45, 7) is 0.602. The molecule has 5 rings (SSSR count). The first-order valence-electron chi connectivity index (χ1n) is 8.56. The number of hydrogen-bond donors (Lipinski definition) is 5. The van der Waals surface area contributed by atoms with Crippen LogP contribution < -0.4 is 21.3 Å². The Morgan fingerprint density at radius 1 is 1.11 bits per heavy atom. The van der Waals surface area contributed by atoms with Crippen molar-refractivity contribution in [3.8, 4) is 5.75 Å². The average molecular weight is 368 g/mol. The SMILES string of the molecule is COc1ccc(C2NNCC2c2nc3cc4[nH]c(=O)[nH]c4cc3[nH]2)c(F)c1. The molecule has 0 saturated carbocycles. The number of nitrogens with one attached hydrogen (secondary N) is 5. The number of nitrogens with zero attached hydrogens (tertiary/aromatic N) is 1. The summed E-state index contributed by atoms with van der Waals surface area (Å²) >= 11 is 0. The quantitative estimate of drug-likeness (QED) is 0.379. The molecule has 4 aromatic rings. The second-order valence-electron chi connectivity index (χ2n) is 6.61. The van der Waals surface area contributed by atoms with Crippen LogP contribution in [0.5, 0.6) is 5.75 Å². The van der Waals surface area contributed by atoms with Crippen LogP contribution in [0.3, 0.4) is 0 Å². The molecule has 138 valence electrons. The number of rotatable bonds is 3. The van der Waals surface area contributed by atoms with E-state index in [1.807, 2.05) is 12.1 Å². The Bertz CT molecular complexity index is 1160. The van der Waals surface area contributed by atoms with Gasteiger partial charge in [-0.15, -0.1) is 0 Å². The van der Waals surface area contributed by atoms with Crippen LogP contribution in [0.4, 0.5) is 4.39 Å². The molecule has 1 aliphatic heterocycles. The summed E-state index contributed by atoms with van der Waals surface area (Å²) in [4.78, 5) is 24.9. The van der Waals surface area contributed by atoms with Crippen molar-refractivity contribution in [2.45, 2.75) is 12.0 Å². The van der Waals surface area contributed by atoms with Gasteiger partial charge in [-0.05, 0) is 18.2 Å². The zero-order chi connectivity index (χ0) is 18.5. The van der Waals surface area contributed by atoms with Crippen molar-refractivity contribution in [3.05, 3.63) is 58.0 Å². The number of imidazole rings is 2. The van der Waals surface area contributed by atoms with Crippen molar-refractivity contribution in [3.63, 3.8) is 0 Å². The summed E-state index contributed by atoms with van der Waals surface area (Å²) in [6, 6.07) is 8.24. The van der Waals surface area contributed by atoms with Crippen molar-refractivity contribution in [2.75, 3.05) is 13.7 Å². The van der Waals surface area contributed by atoms with Crippen LogP contribution >= 0.6 is 0 Å². The van der Waals surface area contributed by atoms with E-state index >= 15 is 0 Å². The number of aromatic nitrogens is 4. The molecule has 2 aromatic heterocycles. The van der Waals surface area contributed by atoms with Gasteiger partial charge in [0.1, 0.15) is 17.4 Å². The molecule has 2 aromatic carbocycles. The number of hydrogen-bond acceptors (Lipinski definition) is 5. The first-order valence-corrected chi connectivity index (χ1v) is 8.56. The standard InChI is InChI=1S/C18H17FN6O2/c1-27-8-2-3-9(11(19)4-8)16-10(7-20-25-16)17-21-12-5-14-15(6-13(12)22-17)24-18(26)23-14/h2-6,10,16,20,25H,7H2,1H3,(H,21,22)(H2,23,24,26). The molecule has 0 aliphatic carbocycles. The molecule has 2 unspecified atom stereocenters. The molecule has 27 heavy (non-hydrogen) atoms. The smallest absolute Gasteiger partial charge is 0.323 e. The molecule has 0 spiro atoms. The molecule has 9 heteroatoms. The van der Waals surface area contributed by atoms with Crippen LogP contribution in [0.25, 0.3) is 22.1 Å². The number of methoxy groups -OCH3 is 1. The van der Waals surface area contributed by atoms with Crippen molar-refractivity contribution < 1.29 is 9.13 Å². The highest BCUT2D eigenvalue weighted by Gasteiger charge is 2.33. The van der Waals surface area contributed by atoms with Crippen LogP contribution in [-0.2, 0) is 0 Å². The zero-order valence-corrected chi connectivity index (χ0v) is 14.4. The first kappa shape index (κ1) is 16.0. The van der Waals surface area contributed by atoms with E-state index in [9.17, 15) is 9.18 Å². The Kier molecular flexibility index (Phi) is 3.52. The second-order valence-corrected chi connectivity index (χ2v) is 6.61. The van der Waals surface area contributed by atoms with Crippen molar-refractivity contribution in [1.29, 1.82) is 0 Å². The zero-order valence-electron chi connectivity index (χ0n) is 14.4. The summed E-state index contributed by atoms with van der Waals surface area (Å²) in [5, 5.41) is 0. The number of ether oxygens (including phenoxy) is 1. The Morgan fingerprint density at radius 3 is 2.70 bits per heavy atom. The number of hydrazine groups is 1. The molecule has 0 radical (unpaired) electrons. The van der Waals surface area contributed by atoms with Gasteiger partial charge in [0, 0.05) is 18.2 Å². The van der Waals surface area contributed by atoms with E-state index in [2.05, 4.69) is 30.8 Å². The molecule has 1 aliphatic rings. The van der Waals surface area contributed by atoms with E-state index in [1.165, 1.54) is 13.2 Å². The topological polar surface area (TPSA) is 111 Å². The summed E-state index contributed by atoms with van der Waals surface area (Å²) in [7, 11) is 1.51. The summed E-state index contributed by atoms with van der Waals surface area (Å²) in [5.41, 5.74) is 9.49. The second kappa shape index (κ2) is 5.93. The Labute approximate surface area is 152 Å². The van der Waals surface area contributed by atoms with Gasteiger partial charge in [-0.2, -0.15) is 0 Å². The molecule has 0 bridgehead atoms. The number of benzene rings is 2. The fourth-order valence-corrected chi connectivity index (χ4v) is 3.67. The minimum atomic E-state index is -0.331. The average Bonchev–Trinajstić information content (AvgIpc) is 3.35. The molecular weight excluding hydrogens is 351 g/mol. The van der Waals surface area contributed by atoms with Gasteiger partial charge >= 0.3 is 5.69 Å². The third-order valence-electron chi connectivity index (χ3n) is 5.01. The highest BCUT2D eigenvalue weighted by atomic mass is 19.1. The third-order valence-corrected chi connectivity index (χ3v) is 5.01. The molecule has 0 amide bonds. The van der Waals surface area contributed by atoms with Crippen LogP contribution in [0.15, 0.2) is 35.1 Å². The Balaban J connectivity index is 1.55. The van der Waals surface area contributed by atoms with E-state index in [0.29, 0.717) is 28.9 Å². The van der Waals surface area contributed by atoms with Crippen molar-refractivity contribution in [1.82, 2.24) is 30.8 Å². The normalized spacial score (nSPS) is 19.9. The third kappa shape index (κ3) is 2.59. The first-order chi connectivity index (χ1) is 13.1. The highest BCUT2D eigenvalue weighted by molar-refractivity contribution is 5.91. The monoisotopic (exact) mass is 368 g/mol. The van der Waals surface area contributed by atoms with Crippen LogP contribution in [0.1, 0.15) is 23.3 Å². The lowest BCUT2D eigenvalue weighted by atomic mass is 9.94. The lowest BCUT2D eigenvalue weighted by Crippen LogP contribution is -2.25. The van der Waals surface area contributed by atoms with E-state index in [1.54, 1.807) is 12.1 Å². The maximum Gasteiger partial charge on any atom is 0.323 e. The maximum atomic E-state index is 14.6. The molecule has 1 saturated heterocycles. The van der Waals surface area contributed by atoms with Crippen LogP contribution in [0.2, 0.25) is 0 Å². The highest BCUT2D eigenvalue weighted by Crippen LogP contribution is 2.35. The minimum absolute atomic E-state index is 0.0855. The van der Waals surface area contributed by atoms with Gasteiger partial charge in [0.25, 0.3) is 0 Å². The fourth-order valence-electron chi connectivity index (χ4n) is 3.67. The number of halogens is 1. The molecule has 3 heterocycles. The van der Waals surface area contributed by atoms with Gasteiger partial charge in [0.15, 0.2) is 0 Å². The maximum absolute atomic E-state index is 14.6. The number of fused-ring (bicyclic) bond motifs is 2. The lowest BCUT2D eigenvalue weighted by molar-refractivity contribution is 0.409. The van der Waals surface area contributed by atoms with Crippen LogP contribution in [0, 0.1) is 5.82 Å². The molecule has 1 fully saturated rings. The van der Waals surface area contributed by atoms with E-state index in [0.717, 1.165) is 16.9 Å². The van der Waals surface area contributed by atoms with Gasteiger partial charge in [-0.3, -0.25) is 5.43 Å². The van der Waals surface area contributed by atoms with Gasteiger partial charge in [-0.1, -0.05) is 6.07 Å². The fraction of sp³-hybridized carbons (Fsp3) is 0.222. The number of aromatic amines is 3. The number of H-pyrrole nitrogens is 3. The van der Waals surface area contributed by atoms with Gasteiger partial charge in [0.05, 0.1) is 41.1 Å². The predicted molar refractivity (Wildman–Crippen MR) is 98.1 cm³/mol. The summed E-state index contributed by atoms with van der Waals surface area (Å²) < 4.78 is 19.6. The largest absolute Gasteiger partial charge is 0.497 e. The van der Waals surface area contributed by atoms with Gasteiger partial charge < -0.3 is 19.7 Å². The van der Waals surface area contributed by atoms with Crippen molar-refractivity contribution in [2.24, 2.45) is 0 Å². The van der Waals surface area contributed by atoms with E-state index < -0.39 is 0 Å². The molecule has 8 nitrogen and oxygen atoms in total. The van der Waals surface area contributed by atoms with E-state index in [-0.39, 0.29) is 23.5 Å². The van der Waals surface area contributed by atoms with E-state index in [4.69, 9.17) is 4.74 Å². The lowest BCUT2D eigenvalue weighted by Gasteiger charge is -2.18.